The minimum absolute atomic E-state index is 0.0345. The van der Waals surface area contributed by atoms with Crippen molar-refractivity contribution in [2.75, 3.05) is 13.1 Å². The van der Waals surface area contributed by atoms with Gasteiger partial charge in [0.25, 0.3) is 5.91 Å². The molecule has 1 aliphatic rings. The molecule has 1 atom stereocenters. The number of carbonyl (C=O) groups is 1. The van der Waals surface area contributed by atoms with E-state index in [1.807, 2.05) is 24.3 Å². The minimum Gasteiger partial charge on any atom is -0.348 e. The van der Waals surface area contributed by atoms with E-state index in [2.05, 4.69) is 33.2 Å². The second kappa shape index (κ2) is 5.63. The molecule has 1 aliphatic heterocycles. The van der Waals surface area contributed by atoms with Crippen LogP contribution in [0.5, 0.6) is 0 Å². The highest BCUT2D eigenvalue weighted by Gasteiger charge is 2.16. The Labute approximate surface area is 109 Å². The molecule has 1 aromatic carbocycles. The van der Waals surface area contributed by atoms with Crippen molar-refractivity contribution in [1.82, 2.24) is 10.6 Å². The maximum Gasteiger partial charge on any atom is 0.251 e. The summed E-state index contributed by atoms with van der Waals surface area (Å²) in [6.07, 6.45) is 2.21. The predicted octanol–water partition coefficient (Wildman–Crippen LogP) is 1.77. The Morgan fingerprint density at radius 2 is 2.38 bits per heavy atom. The minimum atomic E-state index is 0.0345. The van der Waals surface area contributed by atoms with Gasteiger partial charge in [-0.3, -0.25) is 4.79 Å². The van der Waals surface area contributed by atoms with Crippen LogP contribution >= 0.6 is 22.6 Å². The number of hydrogen-bond donors (Lipinski definition) is 2. The van der Waals surface area contributed by atoms with Gasteiger partial charge >= 0.3 is 0 Å². The fourth-order valence-corrected chi connectivity index (χ4v) is 2.42. The smallest absolute Gasteiger partial charge is 0.251 e. The van der Waals surface area contributed by atoms with E-state index in [0.29, 0.717) is 0 Å². The second-order valence-corrected chi connectivity index (χ2v) is 5.27. The van der Waals surface area contributed by atoms with Gasteiger partial charge in [-0.25, -0.2) is 0 Å². The fraction of sp³-hybridized carbons (Fsp3) is 0.417. The summed E-state index contributed by atoms with van der Waals surface area (Å²) in [5.41, 5.74) is 0.748. The number of benzene rings is 1. The van der Waals surface area contributed by atoms with Gasteiger partial charge < -0.3 is 10.6 Å². The van der Waals surface area contributed by atoms with Crippen LogP contribution in [0, 0.1) is 3.57 Å². The van der Waals surface area contributed by atoms with Gasteiger partial charge in [-0.2, -0.15) is 0 Å². The Balaban J connectivity index is 1.97. The summed E-state index contributed by atoms with van der Waals surface area (Å²) in [4.78, 5) is 11.9. The average Bonchev–Trinajstić information content (AvgIpc) is 2.30. The summed E-state index contributed by atoms with van der Waals surface area (Å²) < 4.78 is 1.09. The Morgan fingerprint density at radius 1 is 1.50 bits per heavy atom. The van der Waals surface area contributed by atoms with Crippen LogP contribution in [-0.2, 0) is 0 Å². The molecule has 1 heterocycles. The van der Waals surface area contributed by atoms with Crippen molar-refractivity contribution in [3.8, 4) is 0 Å². The molecule has 16 heavy (non-hydrogen) atoms. The highest BCUT2D eigenvalue weighted by molar-refractivity contribution is 14.1. The van der Waals surface area contributed by atoms with Crippen LogP contribution in [0.25, 0.3) is 0 Å². The topological polar surface area (TPSA) is 41.1 Å². The molecule has 4 heteroatoms. The zero-order valence-electron chi connectivity index (χ0n) is 9.00. The molecule has 2 N–H and O–H groups in total. The van der Waals surface area contributed by atoms with Gasteiger partial charge in [-0.1, -0.05) is 6.07 Å². The van der Waals surface area contributed by atoms with Crippen molar-refractivity contribution in [2.45, 2.75) is 18.9 Å². The molecule has 1 amide bonds. The third-order valence-electron chi connectivity index (χ3n) is 2.72. The molecule has 1 fully saturated rings. The third kappa shape index (κ3) is 3.18. The van der Waals surface area contributed by atoms with Crippen molar-refractivity contribution in [1.29, 1.82) is 0 Å². The maximum atomic E-state index is 11.9. The molecular weight excluding hydrogens is 315 g/mol. The average molecular weight is 330 g/mol. The fourth-order valence-electron chi connectivity index (χ4n) is 1.87. The number of amides is 1. The highest BCUT2D eigenvalue weighted by Crippen LogP contribution is 2.09. The number of hydrogen-bond acceptors (Lipinski definition) is 2. The van der Waals surface area contributed by atoms with Crippen molar-refractivity contribution >= 4 is 28.5 Å². The van der Waals surface area contributed by atoms with E-state index in [1.54, 1.807) is 0 Å². The Kier molecular flexibility index (Phi) is 4.17. The van der Waals surface area contributed by atoms with E-state index in [0.717, 1.165) is 35.1 Å². The normalized spacial score (nSPS) is 20.4. The number of carbonyl (C=O) groups excluding carboxylic acids is 1. The first-order valence-corrected chi connectivity index (χ1v) is 6.61. The van der Waals surface area contributed by atoms with Crippen molar-refractivity contribution in [3.05, 3.63) is 33.4 Å². The SMILES string of the molecule is O=C(N[C@H]1CCCNC1)c1cccc(I)c1. The van der Waals surface area contributed by atoms with E-state index >= 15 is 0 Å². The molecule has 0 unspecified atom stereocenters. The van der Waals surface area contributed by atoms with Crippen molar-refractivity contribution in [2.24, 2.45) is 0 Å². The first-order valence-electron chi connectivity index (χ1n) is 5.53. The number of halogens is 1. The molecule has 0 bridgehead atoms. The molecule has 1 aromatic rings. The molecule has 1 saturated heterocycles. The lowest BCUT2D eigenvalue weighted by Crippen LogP contribution is -2.45. The van der Waals surface area contributed by atoms with Crippen LogP contribution in [0.15, 0.2) is 24.3 Å². The van der Waals surface area contributed by atoms with E-state index in [-0.39, 0.29) is 11.9 Å². The monoisotopic (exact) mass is 330 g/mol. The van der Waals surface area contributed by atoms with Crippen LogP contribution in [0.1, 0.15) is 23.2 Å². The summed E-state index contributed by atoms with van der Waals surface area (Å²) in [5.74, 6) is 0.0345. The number of piperidine rings is 1. The lowest BCUT2D eigenvalue weighted by atomic mass is 10.1. The zero-order chi connectivity index (χ0) is 11.4. The third-order valence-corrected chi connectivity index (χ3v) is 3.39. The van der Waals surface area contributed by atoms with Crippen LogP contribution < -0.4 is 10.6 Å². The molecule has 2 rings (SSSR count). The van der Waals surface area contributed by atoms with Crippen molar-refractivity contribution < 1.29 is 4.79 Å². The summed E-state index contributed by atoms with van der Waals surface area (Å²) in [6, 6.07) is 7.94. The second-order valence-electron chi connectivity index (χ2n) is 4.03. The molecule has 86 valence electrons. The predicted molar refractivity (Wildman–Crippen MR) is 72.5 cm³/mol. The lowest BCUT2D eigenvalue weighted by molar-refractivity contribution is 0.0930. The molecule has 0 aromatic heterocycles. The molecule has 0 aliphatic carbocycles. The zero-order valence-corrected chi connectivity index (χ0v) is 11.2. The first-order chi connectivity index (χ1) is 7.75. The van der Waals surface area contributed by atoms with Crippen LogP contribution in [-0.4, -0.2) is 25.0 Å². The molecule has 3 nitrogen and oxygen atoms in total. The lowest BCUT2D eigenvalue weighted by Gasteiger charge is -2.23. The van der Waals surface area contributed by atoms with Crippen LogP contribution in [0.2, 0.25) is 0 Å². The first kappa shape index (κ1) is 11.9. The van der Waals surface area contributed by atoms with Crippen molar-refractivity contribution in [3.63, 3.8) is 0 Å². The van der Waals surface area contributed by atoms with E-state index in [4.69, 9.17) is 0 Å². The molecule has 0 spiro atoms. The van der Waals surface area contributed by atoms with Gasteiger partial charge in [0.2, 0.25) is 0 Å². The quantitative estimate of drug-likeness (QED) is 0.812. The van der Waals surface area contributed by atoms with E-state index in [1.165, 1.54) is 0 Å². The van der Waals surface area contributed by atoms with Gasteiger partial charge in [0.05, 0.1) is 0 Å². The summed E-state index contributed by atoms with van der Waals surface area (Å²) in [6.45, 7) is 1.95. The van der Waals surface area contributed by atoms with E-state index < -0.39 is 0 Å². The summed E-state index contributed by atoms with van der Waals surface area (Å²) in [5, 5.41) is 6.34. The number of nitrogens with one attached hydrogen (secondary N) is 2. The Hall–Kier alpha value is -0.620. The molecule has 0 saturated carbocycles. The summed E-state index contributed by atoms with van der Waals surface area (Å²) in [7, 11) is 0. The molecular formula is C12H15IN2O. The van der Waals surface area contributed by atoms with Crippen LogP contribution in [0.3, 0.4) is 0 Å². The van der Waals surface area contributed by atoms with Gasteiger partial charge in [-0.05, 0) is 60.2 Å². The van der Waals surface area contributed by atoms with Gasteiger partial charge in [0, 0.05) is 21.7 Å². The van der Waals surface area contributed by atoms with Gasteiger partial charge in [-0.15, -0.1) is 0 Å². The van der Waals surface area contributed by atoms with Gasteiger partial charge in [0.15, 0.2) is 0 Å². The maximum absolute atomic E-state index is 11.9. The number of rotatable bonds is 2. The van der Waals surface area contributed by atoms with E-state index in [9.17, 15) is 4.79 Å². The Morgan fingerprint density at radius 3 is 3.06 bits per heavy atom. The molecule has 0 radical (unpaired) electrons. The van der Waals surface area contributed by atoms with Crippen LogP contribution in [0.4, 0.5) is 0 Å². The highest BCUT2D eigenvalue weighted by atomic mass is 127. The standard InChI is InChI=1S/C12H15IN2O/c13-10-4-1-3-9(7-10)12(16)15-11-5-2-6-14-8-11/h1,3-4,7,11,14H,2,5-6,8H2,(H,15,16)/t11-/m0/s1. The summed E-state index contributed by atoms with van der Waals surface area (Å²) >= 11 is 2.22. The van der Waals surface area contributed by atoms with Gasteiger partial charge in [0.1, 0.15) is 0 Å². The Bertz CT molecular complexity index is 375. The largest absolute Gasteiger partial charge is 0.348 e.